The summed E-state index contributed by atoms with van der Waals surface area (Å²) in [6.45, 7) is 2.26. The number of aliphatic carboxylic acids is 1. The van der Waals surface area contributed by atoms with Crippen molar-refractivity contribution in [2.24, 2.45) is 0 Å². The third kappa shape index (κ3) is 12.5. The van der Waals surface area contributed by atoms with Gasteiger partial charge in [-0.25, -0.2) is 0 Å². The number of carboxylic acids is 1. The first-order chi connectivity index (χ1) is 13.1. The normalized spacial score (nSPS) is 12.2. The fraction of sp³-hybridized carbons (Fsp3) is 0.708. The van der Waals surface area contributed by atoms with Gasteiger partial charge in [0.1, 0.15) is 5.75 Å². The first kappa shape index (κ1) is 23.5. The molecule has 1 aromatic rings. The van der Waals surface area contributed by atoms with E-state index in [9.17, 15) is 9.90 Å². The average molecular weight is 377 g/mol. The van der Waals surface area contributed by atoms with Gasteiger partial charge in [0.2, 0.25) is 0 Å². The van der Waals surface area contributed by atoms with E-state index in [0.29, 0.717) is 18.1 Å². The summed E-state index contributed by atoms with van der Waals surface area (Å²) in [5.74, 6) is 0.240. The van der Waals surface area contributed by atoms with Crippen LogP contribution in [0, 0.1) is 0 Å². The lowest BCUT2D eigenvalue weighted by atomic mass is 9.88. The molecule has 1 rings (SSSR count). The second-order valence-corrected chi connectivity index (χ2v) is 7.90. The van der Waals surface area contributed by atoms with Crippen molar-refractivity contribution in [3.05, 3.63) is 29.8 Å². The minimum Gasteiger partial charge on any atom is -0.508 e. The van der Waals surface area contributed by atoms with Crippen molar-refractivity contribution in [2.75, 3.05) is 0 Å². The summed E-state index contributed by atoms with van der Waals surface area (Å²) in [7, 11) is 0. The molecule has 0 saturated heterocycles. The maximum atomic E-state index is 10.5. The van der Waals surface area contributed by atoms with E-state index in [1.165, 1.54) is 76.2 Å². The van der Waals surface area contributed by atoms with Crippen molar-refractivity contribution >= 4 is 5.97 Å². The lowest BCUT2D eigenvalue weighted by Crippen LogP contribution is -2.00. The van der Waals surface area contributed by atoms with E-state index in [1.54, 1.807) is 12.1 Å². The standard InChI is InChI=1S/C24H40O3/c1-2-3-4-5-6-8-11-14-21(22-17-19-23(25)20-18-22)15-12-9-7-10-13-16-24(26)27/h17-21,25H,2-16H2,1H3,(H,26,27). The van der Waals surface area contributed by atoms with Crippen molar-refractivity contribution in [1.29, 1.82) is 0 Å². The highest BCUT2D eigenvalue weighted by molar-refractivity contribution is 5.66. The van der Waals surface area contributed by atoms with Crippen LogP contribution >= 0.6 is 0 Å². The van der Waals surface area contributed by atoms with Gasteiger partial charge >= 0.3 is 5.97 Å². The van der Waals surface area contributed by atoms with E-state index < -0.39 is 5.97 Å². The molecule has 3 nitrogen and oxygen atoms in total. The summed E-state index contributed by atoms with van der Waals surface area (Å²) in [5.41, 5.74) is 1.35. The monoisotopic (exact) mass is 376 g/mol. The number of hydrogen-bond donors (Lipinski definition) is 2. The van der Waals surface area contributed by atoms with Gasteiger partial charge in [0.05, 0.1) is 0 Å². The summed E-state index contributed by atoms with van der Waals surface area (Å²) in [6, 6.07) is 7.76. The van der Waals surface area contributed by atoms with Crippen molar-refractivity contribution in [3.8, 4) is 5.75 Å². The molecule has 0 bridgehead atoms. The number of aromatic hydroxyl groups is 1. The summed E-state index contributed by atoms with van der Waals surface area (Å²) in [5, 5.41) is 18.2. The Bertz CT molecular complexity index is 481. The molecule has 0 aliphatic heterocycles. The van der Waals surface area contributed by atoms with Crippen molar-refractivity contribution < 1.29 is 15.0 Å². The number of hydrogen-bond acceptors (Lipinski definition) is 2. The van der Waals surface area contributed by atoms with Crippen molar-refractivity contribution in [1.82, 2.24) is 0 Å². The highest BCUT2D eigenvalue weighted by Crippen LogP contribution is 2.29. The summed E-state index contributed by atoms with van der Waals surface area (Å²) < 4.78 is 0. The Morgan fingerprint density at radius 1 is 0.778 bits per heavy atom. The minimum atomic E-state index is -0.683. The van der Waals surface area contributed by atoms with Crippen LogP contribution < -0.4 is 0 Å². The van der Waals surface area contributed by atoms with Crippen LogP contribution in [0.25, 0.3) is 0 Å². The number of carboxylic acid groups (broad SMARTS) is 1. The fourth-order valence-electron chi connectivity index (χ4n) is 3.77. The van der Waals surface area contributed by atoms with Gasteiger partial charge in [0.25, 0.3) is 0 Å². The van der Waals surface area contributed by atoms with Crippen LogP contribution in [0.3, 0.4) is 0 Å². The van der Waals surface area contributed by atoms with E-state index in [1.807, 2.05) is 0 Å². The zero-order valence-electron chi connectivity index (χ0n) is 17.3. The third-order valence-corrected chi connectivity index (χ3v) is 5.46. The molecule has 0 aromatic heterocycles. The molecule has 0 heterocycles. The van der Waals surface area contributed by atoms with Gasteiger partial charge in [-0.15, -0.1) is 0 Å². The van der Waals surface area contributed by atoms with Crippen LogP contribution in [0.1, 0.15) is 115 Å². The largest absolute Gasteiger partial charge is 0.508 e. The highest BCUT2D eigenvalue weighted by Gasteiger charge is 2.11. The molecular weight excluding hydrogens is 336 g/mol. The van der Waals surface area contributed by atoms with Crippen molar-refractivity contribution in [2.45, 2.75) is 109 Å². The average Bonchev–Trinajstić information content (AvgIpc) is 2.65. The molecule has 0 amide bonds. The Kier molecular flexibility index (Phi) is 13.5. The molecule has 0 aliphatic carbocycles. The van der Waals surface area contributed by atoms with Gasteiger partial charge in [-0.1, -0.05) is 89.7 Å². The Morgan fingerprint density at radius 2 is 1.26 bits per heavy atom. The highest BCUT2D eigenvalue weighted by atomic mass is 16.4. The molecule has 0 radical (unpaired) electrons. The number of phenols is 1. The Labute approximate surface area is 166 Å². The molecule has 3 heteroatoms. The number of unbranched alkanes of at least 4 members (excludes halogenated alkanes) is 10. The maximum absolute atomic E-state index is 10.5. The number of phenolic OH excluding ortho intramolecular Hbond substituents is 1. The lowest BCUT2D eigenvalue weighted by Gasteiger charge is -2.18. The molecule has 2 N–H and O–H groups in total. The van der Waals surface area contributed by atoms with Crippen LogP contribution in [0.4, 0.5) is 0 Å². The summed E-state index contributed by atoms with van der Waals surface area (Å²) >= 11 is 0. The zero-order valence-corrected chi connectivity index (χ0v) is 17.3. The Morgan fingerprint density at radius 3 is 1.78 bits per heavy atom. The topological polar surface area (TPSA) is 57.5 Å². The predicted octanol–water partition coefficient (Wildman–Crippen LogP) is 7.43. The fourth-order valence-corrected chi connectivity index (χ4v) is 3.77. The third-order valence-electron chi connectivity index (χ3n) is 5.46. The molecule has 0 saturated carbocycles. The molecule has 1 unspecified atom stereocenters. The van der Waals surface area contributed by atoms with Gasteiger partial charge < -0.3 is 10.2 Å². The minimum absolute atomic E-state index is 0.300. The summed E-state index contributed by atoms with van der Waals surface area (Å²) in [4.78, 5) is 10.5. The molecule has 0 fully saturated rings. The van der Waals surface area contributed by atoms with Gasteiger partial charge in [-0.05, 0) is 42.9 Å². The maximum Gasteiger partial charge on any atom is 0.303 e. The SMILES string of the molecule is CCCCCCCCCC(CCCCCCCC(=O)O)c1ccc(O)cc1. The zero-order chi connectivity index (χ0) is 19.7. The Balaban J connectivity index is 2.29. The van der Waals surface area contributed by atoms with E-state index in [2.05, 4.69) is 19.1 Å². The molecular formula is C24H40O3. The van der Waals surface area contributed by atoms with Gasteiger partial charge in [-0.2, -0.15) is 0 Å². The van der Waals surface area contributed by atoms with Gasteiger partial charge in [-0.3, -0.25) is 4.79 Å². The summed E-state index contributed by atoms with van der Waals surface area (Å²) in [6.07, 6.45) is 17.5. The van der Waals surface area contributed by atoms with Gasteiger partial charge in [0.15, 0.2) is 0 Å². The van der Waals surface area contributed by atoms with Crippen LogP contribution in [0.15, 0.2) is 24.3 Å². The number of carbonyl (C=O) groups is 1. The first-order valence-corrected chi connectivity index (χ1v) is 11.1. The van der Waals surface area contributed by atoms with E-state index in [0.717, 1.165) is 19.3 Å². The van der Waals surface area contributed by atoms with E-state index in [-0.39, 0.29) is 0 Å². The van der Waals surface area contributed by atoms with E-state index in [4.69, 9.17) is 5.11 Å². The molecule has 1 aromatic carbocycles. The molecule has 27 heavy (non-hydrogen) atoms. The van der Waals surface area contributed by atoms with E-state index >= 15 is 0 Å². The number of benzene rings is 1. The predicted molar refractivity (Wildman–Crippen MR) is 113 cm³/mol. The second kappa shape index (κ2) is 15.5. The van der Waals surface area contributed by atoms with Crippen molar-refractivity contribution in [3.63, 3.8) is 0 Å². The van der Waals surface area contributed by atoms with Crippen LogP contribution in [0.2, 0.25) is 0 Å². The Hall–Kier alpha value is -1.51. The molecule has 154 valence electrons. The number of rotatable bonds is 17. The van der Waals surface area contributed by atoms with Crippen LogP contribution in [-0.2, 0) is 4.79 Å². The molecule has 0 spiro atoms. The quantitative estimate of drug-likeness (QED) is 0.278. The second-order valence-electron chi connectivity index (χ2n) is 7.90. The van der Waals surface area contributed by atoms with Crippen LogP contribution in [-0.4, -0.2) is 16.2 Å². The molecule has 0 aliphatic rings. The van der Waals surface area contributed by atoms with Gasteiger partial charge in [0, 0.05) is 6.42 Å². The molecule has 1 atom stereocenters. The lowest BCUT2D eigenvalue weighted by molar-refractivity contribution is -0.137. The first-order valence-electron chi connectivity index (χ1n) is 11.1. The smallest absolute Gasteiger partial charge is 0.303 e. The van der Waals surface area contributed by atoms with Crippen LogP contribution in [0.5, 0.6) is 5.75 Å².